The van der Waals surface area contributed by atoms with Crippen LogP contribution in [-0.4, -0.2) is 73.4 Å². The lowest BCUT2D eigenvalue weighted by molar-refractivity contribution is -0.136. The molecule has 7 nitrogen and oxygen atoms in total. The van der Waals surface area contributed by atoms with E-state index in [0.717, 1.165) is 44.2 Å². The molecule has 3 heterocycles. The third-order valence-corrected chi connectivity index (χ3v) is 4.39. The molecule has 0 spiro atoms. The molecular weight excluding hydrogens is 296 g/mol. The predicted octanol–water partition coefficient (Wildman–Crippen LogP) is 0.487. The maximum absolute atomic E-state index is 12.2. The monoisotopic (exact) mass is 320 g/mol. The Balaban J connectivity index is 1.41. The average Bonchev–Trinajstić information content (AvgIpc) is 3.09. The second-order valence-electron chi connectivity index (χ2n) is 6.08. The van der Waals surface area contributed by atoms with E-state index in [0.29, 0.717) is 25.6 Å². The van der Waals surface area contributed by atoms with Crippen molar-refractivity contribution in [3.8, 4) is 0 Å². The number of rotatable bonds is 5. The second kappa shape index (κ2) is 7.70. The summed E-state index contributed by atoms with van der Waals surface area (Å²) in [6.07, 6.45) is 4.44. The molecule has 126 valence electrons. The molecule has 7 heteroatoms. The van der Waals surface area contributed by atoms with Crippen LogP contribution in [0.1, 0.15) is 12.1 Å². The van der Waals surface area contributed by atoms with Gasteiger partial charge in [-0.3, -0.25) is 9.78 Å². The van der Waals surface area contributed by atoms with Gasteiger partial charge in [-0.15, -0.1) is 0 Å². The Morgan fingerprint density at radius 3 is 2.78 bits per heavy atom. The molecule has 1 aromatic heterocycles. The molecule has 2 fully saturated rings. The van der Waals surface area contributed by atoms with Crippen LogP contribution in [0, 0.1) is 12.8 Å². The summed E-state index contributed by atoms with van der Waals surface area (Å²) in [5.74, 6) is 1.43. The second-order valence-corrected chi connectivity index (χ2v) is 6.08. The number of amides is 1. The lowest BCUT2D eigenvalue weighted by Crippen LogP contribution is -2.50. The van der Waals surface area contributed by atoms with E-state index in [4.69, 9.17) is 9.47 Å². The SMILES string of the molecule is Cc1nccnc1N1CCN(C(=O)COCC2CCOC2)CC1. The van der Waals surface area contributed by atoms with Crippen molar-refractivity contribution in [2.24, 2.45) is 5.92 Å². The van der Waals surface area contributed by atoms with Crippen LogP contribution in [0.2, 0.25) is 0 Å². The first kappa shape index (κ1) is 16.1. The van der Waals surface area contributed by atoms with E-state index in [1.807, 2.05) is 11.8 Å². The Kier molecular flexibility index (Phi) is 5.40. The van der Waals surface area contributed by atoms with Crippen LogP contribution in [0.4, 0.5) is 5.82 Å². The number of hydrogen-bond acceptors (Lipinski definition) is 6. The summed E-state index contributed by atoms with van der Waals surface area (Å²) in [6.45, 7) is 7.26. The highest BCUT2D eigenvalue weighted by Gasteiger charge is 2.23. The van der Waals surface area contributed by atoms with Gasteiger partial charge in [0.1, 0.15) is 12.4 Å². The number of aryl methyl sites for hydroxylation is 1. The van der Waals surface area contributed by atoms with Crippen molar-refractivity contribution in [1.29, 1.82) is 0 Å². The predicted molar refractivity (Wildman–Crippen MR) is 85.3 cm³/mol. The largest absolute Gasteiger partial charge is 0.381 e. The van der Waals surface area contributed by atoms with Crippen LogP contribution in [0.5, 0.6) is 0 Å². The molecule has 0 N–H and O–H groups in total. The van der Waals surface area contributed by atoms with Gasteiger partial charge in [0, 0.05) is 51.1 Å². The molecular formula is C16H24N4O3. The van der Waals surface area contributed by atoms with Crippen molar-refractivity contribution in [3.05, 3.63) is 18.1 Å². The fraction of sp³-hybridized carbons (Fsp3) is 0.688. The highest BCUT2D eigenvalue weighted by Crippen LogP contribution is 2.16. The van der Waals surface area contributed by atoms with Gasteiger partial charge in [0.15, 0.2) is 0 Å². The molecule has 2 aliphatic rings. The molecule has 1 aromatic rings. The van der Waals surface area contributed by atoms with Gasteiger partial charge in [0.25, 0.3) is 0 Å². The minimum absolute atomic E-state index is 0.0689. The Hall–Kier alpha value is -1.73. The van der Waals surface area contributed by atoms with E-state index in [-0.39, 0.29) is 12.5 Å². The zero-order valence-corrected chi connectivity index (χ0v) is 13.6. The Bertz CT molecular complexity index is 526. The molecule has 0 radical (unpaired) electrons. The van der Waals surface area contributed by atoms with Crippen LogP contribution < -0.4 is 4.90 Å². The Morgan fingerprint density at radius 2 is 2.09 bits per heavy atom. The van der Waals surface area contributed by atoms with E-state index < -0.39 is 0 Å². The van der Waals surface area contributed by atoms with Crippen molar-refractivity contribution in [1.82, 2.24) is 14.9 Å². The Labute approximate surface area is 136 Å². The number of carbonyl (C=O) groups is 1. The van der Waals surface area contributed by atoms with Gasteiger partial charge >= 0.3 is 0 Å². The summed E-state index contributed by atoms with van der Waals surface area (Å²) in [5.41, 5.74) is 0.925. The van der Waals surface area contributed by atoms with Crippen LogP contribution in [0.25, 0.3) is 0 Å². The van der Waals surface area contributed by atoms with E-state index in [1.54, 1.807) is 12.4 Å². The normalized spacial score (nSPS) is 21.7. The van der Waals surface area contributed by atoms with Gasteiger partial charge in [0.2, 0.25) is 5.91 Å². The van der Waals surface area contributed by atoms with Gasteiger partial charge in [-0.1, -0.05) is 0 Å². The fourth-order valence-corrected chi connectivity index (χ4v) is 3.00. The number of carbonyl (C=O) groups excluding carboxylic acids is 1. The minimum Gasteiger partial charge on any atom is -0.381 e. The van der Waals surface area contributed by atoms with Crippen molar-refractivity contribution in [3.63, 3.8) is 0 Å². The zero-order valence-electron chi connectivity index (χ0n) is 13.6. The quantitative estimate of drug-likeness (QED) is 0.786. The Morgan fingerprint density at radius 1 is 1.30 bits per heavy atom. The van der Waals surface area contributed by atoms with Crippen LogP contribution >= 0.6 is 0 Å². The summed E-state index contributed by atoms with van der Waals surface area (Å²) in [6, 6.07) is 0. The number of ether oxygens (including phenoxy) is 2. The number of aromatic nitrogens is 2. The molecule has 0 aromatic carbocycles. The van der Waals surface area contributed by atoms with Crippen molar-refractivity contribution in [2.75, 3.05) is 57.5 Å². The molecule has 23 heavy (non-hydrogen) atoms. The zero-order chi connectivity index (χ0) is 16.1. The van der Waals surface area contributed by atoms with Crippen molar-refractivity contribution in [2.45, 2.75) is 13.3 Å². The molecule has 2 aliphatic heterocycles. The number of piperazine rings is 1. The highest BCUT2D eigenvalue weighted by atomic mass is 16.5. The van der Waals surface area contributed by atoms with Gasteiger partial charge in [0.05, 0.1) is 18.9 Å². The van der Waals surface area contributed by atoms with Crippen LogP contribution in [0.15, 0.2) is 12.4 Å². The van der Waals surface area contributed by atoms with Crippen LogP contribution in [0.3, 0.4) is 0 Å². The average molecular weight is 320 g/mol. The van der Waals surface area contributed by atoms with Crippen molar-refractivity contribution >= 4 is 11.7 Å². The number of anilines is 1. The standard InChI is InChI=1S/C16H24N4O3/c1-13-16(18-4-3-17-13)20-7-5-19(6-8-20)15(21)12-23-11-14-2-9-22-10-14/h3-4,14H,2,5-12H2,1H3. The maximum atomic E-state index is 12.2. The summed E-state index contributed by atoms with van der Waals surface area (Å²) >= 11 is 0. The first-order valence-electron chi connectivity index (χ1n) is 8.20. The summed E-state index contributed by atoms with van der Waals surface area (Å²) in [5, 5.41) is 0. The van der Waals surface area contributed by atoms with E-state index in [9.17, 15) is 4.79 Å². The summed E-state index contributed by atoms with van der Waals surface area (Å²) in [7, 11) is 0. The van der Waals surface area contributed by atoms with Gasteiger partial charge in [-0.05, 0) is 13.3 Å². The molecule has 0 saturated carbocycles. The van der Waals surface area contributed by atoms with E-state index in [1.165, 1.54) is 0 Å². The summed E-state index contributed by atoms with van der Waals surface area (Å²) < 4.78 is 10.9. The molecule has 1 unspecified atom stereocenters. The number of hydrogen-bond donors (Lipinski definition) is 0. The third kappa shape index (κ3) is 4.17. The molecule has 0 aliphatic carbocycles. The van der Waals surface area contributed by atoms with Gasteiger partial charge in [-0.2, -0.15) is 0 Å². The topological polar surface area (TPSA) is 67.8 Å². The maximum Gasteiger partial charge on any atom is 0.248 e. The molecule has 0 bridgehead atoms. The van der Waals surface area contributed by atoms with Gasteiger partial charge < -0.3 is 19.3 Å². The molecule has 2 saturated heterocycles. The highest BCUT2D eigenvalue weighted by molar-refractivity contribution is 5.77. The first-order chi connectivity index (χ1) is 11.2. The lowest BCUT2D eigenvalue weighted by Gasteiger charge is -2.35. The summed E-state index contributed by atoms with van der Waals surface area (Å²) in [4.78, 5) is 24.9. The minimum atomic E-state index is 0.0689. The van der Waals surface area contributed by atoms with Crippen molar-refractivity contribution < 1.29 is 14.3 Å². The molecule has 1 amide bonds. The van der Waals surface area contributed by atoms with Gasteiger partial charge in [-0.25, -0.2) is 4.98 Å². The smallest absolute Gasteiger partial charge is 0.248 e. The molecule has 3 rings (SSSR count). The fourth-order valence-electron chi connectivity index (χ4n) is 3.00. The first-order valence-corrected chi connectivity index (χ1v) is 8.20. The van der Waals surface area contributed by atoms with E-state index >= 15 is 0 Å². The lowest BCUT2D eigenvalue weighted by atomic mass is 10.1. The number of nitrogens with zero attached hydrogens (tertiary/aromatic N) is 4. The third-order valence-electron chi connectivity index (χ3n) is 4.39. The van der Waals surface area contributed by atoms with E-state index in [2.05, 4.69) is 14.9 Å². The van der Waals surface area contributed by atoms with Crippen LogP contribution in [-0.2, 0) is 14.3 Å². The molecule has 1 atom stereocenters.